The second-order valence-electron chi connectivity index (χ2n) is 8.91. The fraction of sp³-hybridized carbons (Fsp3) is 0.591. The van der Waals surface area contributed by atoms with Crippen LogP contribution < -0.4 is 5.56 Å². The van der Waals surface area contributed by atoms with E-state index in [1.807, 2.05) is 27.6 Å². The molecule has 30 heavy (non-hydrogen) atoms. The zero-order valence-corrected chi connectivity index (χ0v) is 17.1. The smallest absolute Gasteiger partial charge is 0.263 e. The fourth-order valence-electron chi connectivity index (χ4n) is 5.35. The molecule has 3 aliphatic rings. The molecule has 2 aromatic heterocycles. The molecule has 0 aliphatic carbocycles. The zero-order chi connectivity index (χ0) is 20.7. The number of carbonyl (C=O) groups is 1. The van der Waals surface area contributed by atoms with Crippen molar-refractivity contribution in [2.75, 3.05) is 32.7 Å². The molecule has 1 amide bonds. The first-order valence-electron chi connectivity index (χ1n) is 11.0. The standard InChI is InChI=1S/C22H28FN5O2/c23-18-5-10-26(15-18)21(29)19-3-4-20-17-11-16(13-28(20)22(19)30)12-25(14-17)7-2-9-27-8-1-6-24-27/h1,3-4,6,8,16-18H,2,5,7,9-15H2/t16-,17+,18+/m0/s1. The third-order valence-electron chi connectivity index (χ3n) is 6.75. The van der Waals surface area contributed by atoms with Gasteiger partial charge >= 0.3 is 0 Å². The van der Waals surface area contributed by atoms with E-state index < -0.39 is 6.17 Å². The van der Waals surface area contributed by atoms with Gasteiger partial charge < -0.3 is 14.4 Å². The first kappa shape index (κ1) is 19.5. The molecule has 2 aromatic rings. The van der Waals surface area contributed by atoms with Gasteiger partial charge in [-0.25, -0.2) is 4.39 Å². The first-order chi connectivity index (χ1) is 14.6. The molecule has 3 aliphatic heterocycles. The molecule has 0 N–H and O–H groups in total. The highest BCUT2D eigenvalue weighted by Gasteiger charge is 2.36. The van der Waals surface area contributed by atoms with Crippen LogP contribution >= 0.6 is 0 Å². The summed E-state index contributed by atoms with van der Waals surface area (Å²) in [5.41, 5.74) is 1.01. The third kappa shape index (κ3) is 3.69. The molecule has 0 spiro atoms. The number of hydrogen-bond acceptors (Lipinski definition) is 4. The summed E-state index contributed by atoms with van der Waals surface area (Å²) < 4.78 is 17.3. The molecule has 5 heterocycles. The van der Waals surface area contributed by atoms with Crippen molar-refractivity contribution < 1.29 is 9.18 Å². The van der Waals surface area contributed by atoms with Gasteiger partial charge in [-0.2, -0.15) is 5.10 Å². The number of piperidine rings is 1. The average Bonchev–Trinajstić information content (AvgIpc) is 3.40. The first-order valence-corrected chi connectivity index (χ1v) is 11.0. The van der Waals surface area contributed by atoms with E-state index in [1.165, 1.54) is 4.90 Å². The Kier molecular flexibility index (Phi) is 5.18. The van der Waals surface area contributed by atoms with Crippen molar-refractivity contribution >= 4 is 5.91 Å². The van der Waals surface area contributed by atoms with Crippen molar-refractivity contribution in [1.82, 2.24) is 24.1 Å². The summed E-state index contributed by atoms with van der Waals surface area (Å²) in [4.78, 5) is 29.8. The van der Waals surface area contributed by atoms with Crippen molar-refractivity contribution in [3.05, 3.63) is 52.2 Å². The van der Waals surface area contributed by atoms with E-state index in [4.69, 9.17) is 0 Å². The number of halogens is 1. The highest BCUT2D eigenvalue weighted by molar-refractivity contribution is 5.94. The minimum absolute atomic E-state index is 0.0960. The predicted octanol–water partition coefficient (Wildman–Crippen LogP) is 1.74. The third-order valence-corrected chi connectivity index (χ3v) is 6.75. The van der Waals surface area contributed by atoms with Crippen molar-refractivity contribution in [2.24, 2.45) is 5.92 Å². The summed E-state index contributed by atoms with van der Waals surface area (Å²) in [5.74, 6) is 0.415. The van der Waals surface area contributed by atoms with Crippen LogP contribution in [0.1, 0.15) is 41.2 Å². The van der Waals surface area contributed by atoms with Crippen LogP contribution in [0.4, 0.5) is 4.39 Å². The van der Waals surface area contributed by atoms with E-state index in [0.717, 1.165) is 44.7 Å². The quantitative estimate of drug-likeness (QED) is 0.749. The number of hydrogen-bond donors (Lipinski definition) is 0. The van der Waals surface area contributed by atoms with E-state index in [1.54, 1.807) is 12.3 Å². The van der Waals surface area contributed by atoms with Gasteiger partial charge in [-0.15, -0.1) is 0 Å². The van der Waals surface area contributed by atoms with Gasteiger partial charge in [0.1, 0.15) is 11.7 Å². The van der Waals surface area contributed by atoms with Crippen molar-refractivity contribution in [3.63, 3.8) is 0 Å². The minimum Gasteiger partial charge on any atom is -0.335 e. The van der Waals surface area contributed by atoms with Gasteiger partial charge in [0, 0.05) is 56.7 Å². The monoisotopic (exact) mass is 413 g/mol. The molecule has 2 fully saturated rings. The Morgan fingerprint density at radius 3 is 2.83 bits per heavy atom. The van der Waals surface area contributed by atoms with Crippen LogP contribution in [0, 0.1) is 5.92 Å². The fourth-order valence-corrected chi connectivity index (χ4v) is 5.35. The van der Waals surface area contributed by atoms with E-state index in [9.17, 15) is 14.0 Å². The van der Waals surface area contributed by atoms with Crippen LogP contribution in [0.15, 0.2) is 35.4 Å². The zero-order valence-electron chi connectivity index (χ0n) is 17.1. The molecule has 2 saturated heterocycles. The Morgan fingerprint density at radius 1 is 1.17 bits per heavy atom. The number of likely N-dealkylation sites (tertiary alicyclic amines) is 2. The van der Waals surface area contributed by atoms with E-state index in [-0.39, 0.29) is 23.6 Å². The molecule has 2 bridgehead atoms. The Hall–Kier alpha value is -2.48. The highest BCUT2D eigenvalue weighted by Crippen LogP contribution is 2.35. The van der Waals surface area contributed by atoms with Gasteiger partial charge in [-0.05, 0) is 49.9 Å². The molecule has 0 aromatic carbocycles. The number of aryl methyl sites for hydroxylation is 1. The van der Waals surface area contributed by atoms with E-state index >= 15 is 0 Å². The van der Waals surface area contributed by atoms with Gasteiger partial charge in [-0.3, -0.25) is 14.3 Å². The second kappa shape index (κ2) is 7.98. The maximum absolute atomic E-state index is 13.5. The number of carbonyl (C=O) groups excluding carboxylic acids is 1. The molecule has 3 atom stereocenters. The Morgan fingerprint density at radius 2 is 2.07 bits per heavy atom. The lowest BCUT2D eigenvalue weighted by atomic mass is 9.83. The molecule has 0 unspecified atom stereocenters. The molecule has 0 saturated carbocycles. The van der Waals surface area contributed by atoms with Crippen LogP contribution in [0.2, 0.25) is 0 Å². The summed E-state index contributed by atoms with van der Waals surface area (Å²) in [6, 6.07) is 5.56. The van der Waals surface area contributed by atoms with Crippen molar-refractivity contribution in [2.45, 2.75) is 44.4 Å². The maximum Gasteiger partial charge on any atom is 0.263 e. The summed E-state index contributed by atoms with van der Waals surface area (Å²) in [6.07, 6.45) is 5.32. The van der Waals surface area contributed by atoms with Crippen LogP contribution in [0.5, 0.6) is 0 Å². The molecule has 8 heteroatoms. The average molecular weight is 413 g/mol. The Balaban J connectivity index is 1.29. The Labute approximate surface area is 175 Å². The van der Waals surface area contributed by atoms with Gasteiger partial charge in [0.05, 0.1) is 6.54 Å². The minimum atomic E-state index is -0.979. The van der Waals surface area contributed by atoms with Gasteiger partial charge in [0.25, 0.3) is 11.5 Å². The van der Waals surface area contributed by atoms with Crippen LogP contribution in [-0.2, 0) is 13.1 Å². The van der Waals surface area contributed by atoms with Gasteiger partial charge in [0.15, 0.2) is 0 Å². The number of amides is 1. The molecule has 0 radical (unpaired) electrons. The van der Waals surface area contributed by atoms with Crippen molar-refractivity contribution in [1.29, 1.82) is 0 Å². The predicted molar refractivity (Wildman–Crippen MR) is 110 cm³/mol. The van der Waals surface area contributed by atoms with E-state index in [2.05, 4.69) is 10.00 Å². The number of alkyl halides is 1. The van der Waals surface area contributed by atoms with Crippen LogP contribution in [0.25, 0.3) is 0 Å². The number of nitrogens with zero attached hydrogens (tertiary/aromatic N) is 5. The summed E-state index contributed by atoms with van der Waals surface area (Å²) >= 11 is 0. The lowest BCUT2D eigenvalue weighted by Crippen LogP contribution is -2.48. The van der Waals surface area contributed by atoms with Crippen LogP contribution in [-0.4, -0.2) is 69.0 Å². The maximum atomic E-state index is 13.5. The molecular formula is C22H28FN5O2. The summed E-state index contributed by atoms with van der Waals surface area (Å²) in [7, 11) is 0. The summed E-state index contributed by atoms with van der Waals surface area (Å²) in [6.45, 7) is 5.00. The summed E-state index contributed by atoms with van der Waals surface area (Å²) in [5, 5.41) is 4.26. The highest BCUT2D eigenvalue weighted by atomic mass is 19.1. The number of pyridine rings is 1. The second-order valence-corrected chi connectivity index (χ2v) is 8.91. The Bertz CT molecular complexity index is 972. The molecular weight excluding hydrogens is 385 g/mol. The number of rotatable bonds is 5. The molecule has 7 nitrogen and oxygen atoms in total. The normalized spacial score (nSPS) is 26.0. The van der Waals surface area contributed by atoms with E-state index in [0.29, 0.717) is 31.3 Å². The molecule has 5 rings (SSSR count). The van der Waals surface area contributed by atoms with Crippen LogP contribution in [0.3, 0.4) is 0 Å². The SMILES string of the molecule is O=C(c1ccc2n(c1=O)C[C@H]1C[C@@H]2CN(CCCn2cccn2)C1)N1CC[C@@H](F)C1. The largest absolute Gasteiger partial charge is 0.335 e. The number of fused-ring (bicyclic) bond motifs is 4. The lowest BCUT2D eigenvalue weighted by Gasteiger charge is -2.43. The van der Waals surface area contributed by atoms with Gasteiger partial charge in [0.2, 0.25) is 0 Å². The number of aromatic nitrogens is 3. The lowest BCUT2D eigenvalue weighted by molar-refractivity contribution is 0.0777. The molecule has 160 valence electrons. The van der Waals surface area contributed by atoms with Crippen molar-refractivity contribution in [3.8, 4) is 0 Å². The van der Waals surface area contributed by atoms with Gasteiger partial charge in [-0.1, -0.05) is 0 Å². The topological polar surface area (TPSA) is 63.4 Å².